The first-order valence-corrected chi connectivity index (χ1v) is 12.7. The highest BCUT2D eigenvalue weighted by atomic mass is 16.1. The monoisotopic (exact) mass is 468 g/mol. The minimum Gasteiger partial charge on any atom is -0.289 e. The SMILES string of the molecule is Cc1cc2c(cc1C)C(=O)c1ccccc1C2=O.c1ccc2c(c1)ccc1c3c(ccc12)CCCC3. The van der Waals surface area contributed by atoms with Gasteiger partial charge in [-0.05, 0) is 95.5 Å². The maximum atomic E-state index is 12.4. The fraction of sp³-hybridized carbons (Fsp3) is 0.176. The molecule has 0 aliphatic heterocycles. The van der Waals surface area contributed by atoms with Crippen molar-refractivity contribution in [3.05, 3.63) is 129 Å². The number of carbonyl (C=O) groups excluding carboxylic acids is 2. The summed E-state index contributed by atoms with van der Waals surface area (Å²) in [4.78, 5) is 24.7. The van der Waals surface area contributed by atoms with E-state index in [9.17, 15) is 9.59 Å². The van der Waals surface area contributed by atoms with Crippen LogP contribution >= 0.6 is 0 Å². The van der Waals surface area contributed by atoms with Crippen LogP contribution in [-0.2, 0) is 12.8 Å². The summed E-state index contributed by atoms with van der Waals surface area (Å²) in [7, 11) is 0. The molecule has 2 nitrogen and oxygen atoms in total. The van der Waals surface area contributed by atoms with Crippen molar-refractivity contribution in [1.82, 2.24) is 0 Å². The molecular weight excluding hydrogens is 440 g/mol. The van der Waals surface area contributed by atoms with Crippen LogP contribution in [0.5, 0.6) is 0 Å². The lowest BCUT2D eigenvalue weighted by Crippen LogP contribution is -2.21. The first-order valence-electron chi connectivity index (χ1n) is 12.7. The molecule has 0 bridgehead atoms. The molecule has 0 heterocycles. The molecule has 0 atom stereocenters. The molecule has 0 saturated carbocycles. The predicted octanol–water partition coefficient (Wildman–Crippen LogP) is 7.95. The number of hydrogen-bond acceptors (Lipinski definition) is 2. The maximum absolute atomic E-state index is 12.4. The van der Waals surface area contributed by atoms with Crippen LogP contribution in [0.15, 0.2) is 84.9 Å². The molecule has 5 aromatic carbocycles. The summed E-state index contributed by atoms with van der Waals surface area (Å²) in [6, 6.07) is 28.6. The predicted molar refractivity (Wildman–Crippen MR) is 147 cm³/mol. The van der Waals surface area contributed by atoms with Crippen molar-refractivity contribution in [2.75, 3.05) is 0 Å². The van der Waals surface area contributed by atoms with Gasteiger partial charge < -0.3 is 0 Å². The van der Waals surface area contributed by atoms with E-state index in [-0.39, 0.29) is 11.6 Å². The summed E-state index contributed by atoms with van der Waals surface area (Å²) in [5, 5.41) is 5.64. The zero-order valence-corrected chi connectivity index (χ0v) is 20.7. The van der Waals surface area contributed by atoms with Crippen LogP contribution < -0.4 is 0 Å². The first-order chi connectivity index (χ1) is 17.5. The van der Waals surface area contributed by atoms with E-state index in [0.29, 0.717) is 22.3 Å². The number of carbonyl (C=O) groups is 2. The number of aryl methyl sites for hydroxylation is 4. The highest BCUT2D eigenvalue weighted by Gasteiger charge is 2.29. The molecule has 2 aliphatic rings. The van der Waals surface area contributed by atoms with E-state index in [4.69, 9.17) is 0 Å². The van der Waals surface area contributed by atoms with Crippen molar-refractivity contribution in [3.8, 4) is 0 Å². The van der Waals surface area contributed by atoms with Crippen molar-refractivity contribution in [2.24, 2.45) is 0 Å². The molecule has 2 heteroatoms. The van der Waals surface area contributed by atoms with Crippen molar-refractivity contribution in [1.29, 1.82) is 0 Å². The van der Waals surface area contributed by atoms with E-state index in [1.54, 1.807) is 35.4 Å². The lowest BCUT2D eigenvalue weighted by Gasteiger charge is -2.18. The smallest absolute Gasteiger partial charge is 0.194 e. The molecule has 0 unspecified atom stereocenters. The van der Waals surface area contributed by atoms with E-state index >= 15 is 0 Å². The Hall–Kier alpha value is -4.04. The van der Waals surface area contributed by atoms with E-state index in [1.807, 2.05) is 26.0 Å². The zero-order valence-electron chi connectivity index (χ0n) is 20.7. The Labute approximate surface area is 211 Å². The molecule has 0 N–H and O–H groups in total. The molecule has 0 fully saturated rings. The Kier molecular flexibility index (Phi) is 5.53. The van der Waals surface area contributed by atoms with Crippen molar-refractivity contribution < 1.29 is 9.59 Å². The topological polar surface area (TPSA) is 34.1 Å². The van der Waals surface area contributed by atoms with Gasteiger partial charge in [-0.3, -0.25) is 9.59 Å². The van der Waals surface area contributed by atoms with Gasteiger partial charge >= 0.3 is 0 Å². The molecule has 0 saturated heterocycles. The average molecular weight is 469 g/mol. The van der Waals surface area contributed by atoms with Crippen LogP contribution in [0.1, 0.15) is 66.9 Å². The third kappa shape index (κ3) is 3.65. The maximum Gasteiger partial charge on any atom is 0.194 e. The number of rotatable bonds is 0. The van der Waals surface area contributed by atoms with Gasteiger partial charge in [0.25, 0.3) is 0 Å². The summed E-state index contributed by atoms with van der Waals surface area (Å²) in [5.41, 5.74) is 7.33. The Bertz CT molecular complexity index is 1630. The van der Waals surface area contributed by atoms with E-state index in [0.717, 1.165) is 11.1 Å². The van der Waals surface area contributed by atoms with Gasteiger partial charge in [0.1, 0.15) is 0 Å². The van der Waals surface area contributed by atoms with E-state index in [1.165, 1.54) is 47.2 Å². The molecular formula is C34H28O2. The number of fused-ring (bicyclic) bond motifs is 7. The van der Waals surface area contributed by atoms with Gasteiger partial charge in [0.15, 0.2) is 11.6 Å². The van der Waals surface area contributed by atoms with Gasteiger partial charge in [-0.25, -0.2) is 0 Å². The van der Waals surface area contributed by atoms with Gasteiger partial charge in [-0.1, -0.05) is 72.8 Å². The average Bonchev–Trinajstić information content (AvgIpc) is 2.93. The van der Waals surface area contributed by atoms with Gasteiger partial charge in [0.05, 0.1) is 0 Å². The highest BCUT2D eigenvalue weighted by molar-refractivity contribution is 6.28. The summed E-state index contributed by atoms with van der Waals surface area (Å²) in [5.74, 6) is -0.105. The summed E-state index contributed by atoms with van der Waals surface area (Å²) in [6.07, 6.45) is 5.22. The van der Waals surface area contributed by atoms with Crippen LogP contribution in [0.2, 0.25) is 0 Å². The van der Waals surface area contributed by atoms with Crippen LogP contribution in [-0.4, -0.2) is 11.6 Å². The normalized spacial score (nSPS) is 14.1. The van der Waals surface area contributed by atoms with Crippen LogP contribution in [0, 0.1) is 13.8 Å². The standard InChI is InChI=1S/C18H16.C16H12O2/c1-3-7-15-13(5-1)9-11-18-16-8-4-2-6-14(16)10-12-17(15)18;1-9-7-13-14(8-10(9)2)16(18)12-6-4-3-5-11(12)15(13)17/h1,3,5,7,9-12H,2,4,6,8H2;3-8H,1-2H3. The van der Waals surface area contributed by atoms with Crippen molar-refractivity contribution in [3.63, 3.8) is 0 Å². The van der Waals surface area contributed by atoms with Crippen molar-refractivity contribution >= 4 is 33.1 Å². The molecule has 0 amide bonds. The first kappa shape index (κ1) is 22.4. The quantitative estimate of drug-likeness (QED) is 0.212. The Morgan fingerprint density at radius 3 is 1.81 bits per heavy atom. The summed E-state index contributed by atoms with van der Waals surface area (Å²) >= 11 is 0. The fourth-order valence-electron chi connectivity index (χ4n) is 5.70. The molecule has 0 radical (unpaired) electrons. The third-order valence-electron chi connectivity index (χ3n) is 7.80. The molecule has 0 spiro atoms. The largest absolute Gasteiger partial charge is 0.289 e. The highest BCUT2D eigenvalue weighted by Crippen LogP contribution is 2.33. The van der Waals surface area contributed by atoms with Crippen LogP contribution in [0.4, 0.5) is 0 Å². The van der Waals surface area contributed by atoms with Crippen LogP contribution in [0.25, 0.3) is 21.5 Å². The zero-order chi connectivity index (χ0) is 24.8. The molecule has 7 rings (SSSR count). The van der Waals surface area contributed by atoms with Gasteiger partial charge in [-0.15, -0.1) is 0 Å². The fourth-order valence-corrected chi connectivity index (χ4v) is 5.70. The Balaban J connectivity index is 0.000000133. The minimum atomic E-state index is -0.0525. The van der Waals surface area contributed by atoms with Crippen LogP contribution in [0.3, 0.4) is 0 Å². The number of hydrogen-bond donors (Lipinski definition) is 0. The second-order valence-electron chi connectivity index (χ2n) is 9.98. The molecule has 176 valence electrons. The van der Waals surface area contributed by atoms with Gasteiger partial charge in [0.2, 0.25) is 0 Å². The van der Waals surface area contributed by atoms with E-state index in [2.05, 4.69) is 48.5 Å². The Morgan fingerprint density at radius 1 is 0.528 bits per heavy atom. The van der Waals surface area contributed by atoms with Gasteiger partial charge in [0, 0.05) is 22.3 Å². The number of benzene rings is 5. The van der Waals surface area contributed by atoms with E-state index < -0.39 is 0 Å². The summed E-state index contributed by atoms with van der Waals surface area (Å²) < 4.78 is 0. The second kappa shape index (κ2) is 8.87. The molecule has 0 aromatic heterocycles. The molecule has 5 aromatic rings. The lowest BCUT2D eigenvalue weighted by atomic mass is 9.82. The molecule has 2 aliphatic carbocycles. The third-order valence-corrected chi connectivity index (χ3v) is 7.80. The van der Waals surface area contributed by atoms with Crippen molar-refractivity contribution in [2.45, 2.75) is 39.5 Å². The summed E-state index contributed by atoms with van der Waals surface area (Å²) in [6.45, 7) is 3.90. The van der Waals surface area contributed by atoms with Gasteiger partial charge in [-0.2, -0.15) is 0 Å². The second-order valence-corrected chi connectivity index (χ2v) is 9.98. The lowest BCUT2D eigenvalue weighted by molar-refractivity contribution is 0.0979. The minimum absolute atomic E-state index is 0.0525. The molecule has 36 heavy (non-hydrogen) atoms. The number of ketones is 2. The Morgan fingerprint density at radius 2 is 1.11 bits per heavy atom.